The third-order valence-electron chi connectivity index (χ3n) is 5.07. The second-order valence-electron chi connectivity index (χ2n) is 6.32. The fourth-order valence-corrected chi connectivity index (χ4v) is 4.09. The number of morpholine rings is 1. The topological polar surface area (TPSA) is 41.6 Å². The lowest BCUT2D eigenvalue weighted by molar-refractivity contribution is -0.0801. The summed E-state index contributed by atoms with van der Waals surface area (Å²) in [5.74, 6) is 0.0659. The van der Waals surface area contributed by atoms with Gasteiger partial charge in [-0.05, 0) is 48.6 Å². The predicted molar refractivity (Wildman–Crippen MR) is 80.3 cm³/mol. The zero-order chi connectivity index (χ0) is 14.4. The Morgan fingerprint density at radius 1 is 1.38 bits per heavy atom. The van der Waals surface area contributed by atoms with Crippen LogP contribution >= 0.6 is 0 Å². The van der Waals surface area contributed by atoms with Gasteiger partial charge in [0.05, 0.1) is 12.7 Å². The van der Waals surface area contributed by atoms with Crippen molar-refractivity contribution in [3.8, 4) is 0 Å². The number of ether oxygens (including phenoxy) is 1. The molecular formula is C17H22N2O2. The largest absolute Gasteiger partial charge is 0.371 e. The van der Waals surface area contributed by atoms with Gasteiger partial charge in [-0.1, -0.05) is 13.0 Å². The van der Waals surface area contributed by atoms with E-state index in [-0.39, 0.29) is 12.0 Å². The predicted octanol–water partition coefficient (Wildman–Crippen LogP) is 2.03. The fraction of sp³-hybridized carbons (Fsp3) is 0.588. The number of aryl methyl sites for hydroxylation is 1. The van der Waals surface area contributed by atoms with Crippen LogP contribution in [0.4, 0.5) is 0 Å². The highest BCUT2D eigenvalue weighted by molar-refractivity contribution is 5.98. The highest BCUT2D eigenvalue weighted by Crippen LogP contribution is 2.39. The van der Waals surface area contributed by atoms with E-state index in [9.17, 15) is 4.79 Å². The number of fused-ring (bicyclic) bond motifs is 4. The van der Waals surface area contributed by atoms with Crippen LogP contribution in [-0.2, 0) is 17.7 Å². The molecule has 4 heteroatoms. The minimum Gasteiger partial charge on any atom is -0.371 e. The molecule has 1 aromatic carbocycles. The van der Waals surface area contributed by atoms with Crippen molar-refractivity contribution in [1.82, 2.24) is 10.2 Å². The van der Waals surface area contributed by atoms with Gasteiger partial charge in [0.1, 0.15) is 0 Å². The zero-order valence-electron chi connectivity index (χ0n) is 12.5. The van der Waals surface area contributed by atoms with Crippen LogP contribution in [0, 0.1) is 0 Å². The van der Waals surface area contributed by atoms with E-state index in [0.29, 0.717) is 12.6 Å². The molecule has 0 saturated carbocycles. The minimum absolute atomic E-state index is 0.0659. The molecule has 1 saturated heterocycles. The molecule has 2 heterocycles. The molecule has 0 spiro atoms. The van der Waals surface area contributed by atoms with E-state index in [1.807, 2.05) is 0 Å². The number of amides is 1. The monoisotopic (exact) mass is 286 g/mol. The first-order valence-corrected chi connectivity index (χ1v) is 8.07. The number of benzene rings is 1. The van der Waals surface area contributed by atoms with Gasteiger partial charge in [0.25, 0.3) is 5.91 Å². The second kappa shape index (κ2) is 5.11. The van der Waals surface area contributed by atoms with Gasteiger partial charge in [0, 0.05) is 24.7 Å². The number of carbonyl (C=O) groups excluding carboxylic acids is 1. The number of hydrogen-bond acceptors (Lipinski definition) is 3. The van der Waals surface area contributed by atoms with E-state index >= 15 is 0 Å². The summed E-state index contributed by atoms with van der Waals surface area (Å²) in [6.45, 7) is 5.89. The Labute approximate surface area is 125 Å². The van der Waals surface area contributed by atoms with Gasteiger partial charge in [-0.2, -0.15) is 0 Å². The van der Waals surface area contributed by atoms with E-state index < -0.39 is 0 Å². The number of nitrogens with zero attached hydrogens (tertiary/aromatic N) is 1. The van der Waals surface area contributed by atoms with Gasteiger partial charge in [0.2, 0.25) is 0 Å². The highest BCUT2D eigenvalue weighted by atomic mass is 16.5. The van der Waals surface area contributed by atoms with Crippen LogP contribution in [-0.4, -0.2) is 36.5 Å². The van der Waals surface area contributed by atoms with Gasteiger partial charge in [0.15, 0.2) is 0 Å². The van der Waals surface area contributed by atoms with Crippen molar-refractivity contribution >= 4 is 5.91 Å². The molecule has 0 radical (unpaired) electrons. The molecule has 4 rings (SSSR count). The van der Waals surface area contributed by atoms with Crippen LogP contribution in [0.2, 0.25) is 0 Å². The number of hydrogen-bond donors (Lipinski definition) is 1. The summed E-state index contributed by atoms with van der Waals surface area (Å²) in [5, 5.41) is 2.92. The zero-order valence-corrected chi connectivity index (χ0v) is 12.5. The van der Waals surface area contributed by atoms with Crippen molar-refractivity contribution in [3.63, 3.8) is 0 Å². The summed E-state index contributed by atoms with van der Waals surface area (Å²) in [6.07, 6.45) is 3.59. The molecule has 112 valence electrons. The molecular weight excluding hydrogens is 264 g/mol. The van der Waals surface area contributed by atoms with E-state index in [1.165, 1.54) is 17.5 Å². The third kappa shape index (κ3) is 2.09. The van der Waals surface area contributed by atoms with Crippen molar-refractivity contribution in [3.05, 3.63) is 34.4 Å². The molecule has 2 atom stereocenters. The molecule has 2 aliphatic heterocycles. The van der Waals surface area contributed by atoms with E-state index in [1.54, 1.807) is 0 Å². The minimum atomic E-state index is 0.0659. The molecule has 0 unspecified atom stereocenters. The SMILES string of the molecule is CCCN1CCO[C@H]2c3cc4c(cc3CC[C@H]21)CNC4=O. The normalized spacial score (nSPS) is 27.8. The number of nitrogens with one attached hydrogen (secondary N) is 1. The lowest BCUT2D eigenvalue weighted by Crippen LogP contribution is -2.49. The first-order chi connectivity index (χ1) is 10.3. The summed E-state index contributed by atoms with van der Waals surface area (Å²) in [7, 11) is 0. The maximum Gasteiger partial charge on any atom is 0.251 e. The van der Waals surface area contributed by atoms with E-state index in [0.717, 1.165) is 43.7 Å². The number of rotatable bonds is 2. The first kappa shape index (κ1) is 13.3. The summed E-state index contributed by atoms with van der Waals surface area (Å²) in [6, 6.07) is 4.80. The van der Waals surface area contributed by atoms with Crippen LogP contribution in [0.15, 0.2) is 12.1 Å². The fourth-order valence-electron chi connectivity index (χ4n) is 4.09. The van der Waals surface area contributed by atoms with Crippen LogP contribution in [0.3, 0.4) is 0 Å². The lowest BCUT2D eigenvalue weighted by Gasteiger charge is -2.44. The Hall–Kier alpha value is -1.39. The van der Waals surface area contributed by atoms with Crippen LogP contribution < -0.4 is 5.32 Å². The Morgan fingerprint density at radius 3 is 3.14 bits per heavy atom. The molecule has 1 aromatic rings. The lowest BCUT2D eigenvalue weighted by atomic mass is 9.82. The number of carbonyl (C=O) groups is 1. The molecule has 4 nitrogen and oxygen atoms in total. The molecule has 1 amide bonds. The highest BCUT2D eigenvalue weighted by Gasteiger charge is 2.38. The Bertz CT molecular complexity index is 582. The van der Waals surface area contributed by atoms with Gasteiger partial charge in [-0.15, -0.1) is 0 Å². The molecule has 1 N–H and O–H groups in total. The van der Waals surface area contributed by atoms with Gasteiger partial charge < -0.3 is 10.1 Å². The third-order valence-corrected chi connectivity index (χ3v) is 5.07. The average molecular weight is 286 g/mol. The van der Waals surface area contributed by atoms with Gasteiger partial charge >= 0.3 is 0 Å². The molecule has 0 bridgehead atoms. The maximum absolute atomic E-state index is 11.9. The smallest absolute Gasteiger partial charge is 0.251 e. The maximum atomic E-state index is 11.9. The molecule has 1 fully saturated rings. The van der Waals surface area contributed by atoms with Crippen LogP contribution in [0.25, 0.3) is 0 Å². The van der Waals surface area contributed by atoms with Crippen molar-refractivity contribution in [1.29, 1.82) is 0 Å². The van der Waals surface area contributed by atoms with E-state index in [2.05, 4.69) is 29.3 Å². The Balaban J connectivity index is 1.72. The van der Waals surface area contributed by atoms with Crippen LogP contribution in [0.5, 0.6) is 0 Å². The Morgan fingerprint density at radius 2 is 2.29 bits per heavy atom. The molecule has 21 heavy (non-hydrogen) atoms. The molecule has 3 aliphatic rings. The molecule has 0 aromatic heterocycles. The average Bonchev–Trinajstić information content (AvgIpc) is 2.86. The van der Waals surface area contributed by atoms with Crippen molar-refractivity contribution in [2.24, 2.45) is 0 Å². The quantitative estimate of drug-likeness (QED) is 0.904. The van der Waals surface area contributed by atoms with Gasteiger partial charge in [-0.25, -0.2) is 0 Å². The van der Waals surface area contributed by atoms with Crippen molar-refractivity contribution in [2.45, 2.75) is 44.9 Å². The van der Waals surface area contributed by atoms with E-state index in [4.69, 9.17) is 4.74 Å². The molecule has 1 aliphatic carbocycles. The second-order valence-corrected chi connectivity index (χ2v) is 6.32. The Kier molecular flexibility index (Phi) is 3.23. The van der Waals surface area contributed by atoms with Crippen LogP contribution in [0.1, 0.15) is 52.9 Å². The standard InChI is InChI=1S/C17H22N2O2/c1-2-5-19-6-7-21-16-13-9-14-12(10-18-17(14)20)8-11(13)3-4-15(16)19/h8-9,15-16H,2-7,10H2,1H3,(H,18,20)/t15-,16+/m1/s1. The van der Waals surface area contributed by atoms with Gasteiger partial charge in [-0.3, -0.25) is 9.69 Å². The summed E-state index contributed by atoms with van der Waals surface area (Å²) >= 11 is 0. The summed E-state index contributed by atoms with van der Waals surface area (Å²) in [5.41, 5.74) is 4.64. The summed E-state index contributed by atoms with van der Waals surface area (Å²) in [4.78, 5) is 14.5. The van der Waals surface area contributed by atoms with Crippen molar-refractivity contribution < 1.29 is 9.53 Å². The van der Waals surface area contributed by atoms with Crippen molar-refractivity contribution in [2.75, 3.05) is 19.7 Å². The summed E-state index contributed by atoms with van der Waals surface area (Å²) < 4.78 is 6.11. The first-order valence-electron chi connectivity index (χ1n) is 8.07.